The molecule has 0 aliphatic carbocycles. The molecule has 0 unspecified atom stereocenters. The molecule has 4 heteroatoms. The first-order valence-corrected chi connectivity index (χ1v) is 6.68. The minimum Gasteiger partial charge on any atom is -0.341 e. The largest absolute Gasteiger partial charge is 0.341 e. The first-order chi connectivity index (χ1) is 7.95. The van der Waals surface area contributed by atoms with E-state index in [9.17, 15) is 4.79 Å². The number of likely N-dealkylation sites (tertiary alicyclic amines) is 1. The molecule has 0 aromatic heterocycles. The van der Waals surface area contributed by atoms with Crippen LogP contribution >= 0.6 is 0 Å². The number of nitrogens with two attached hydrogens (primary N) is 1. The fraction of sp³-hybridized carbons (Fsp3) is 0.923. The van der Waals surface area contributed by atoms with Crippen molar-refractivity contribution in [1.82, 2.24) is 9.80 Å². The van der Waals surface area contributed by atoms with Crippen LogP contribution in [0, 0.1) is 11.8 Å². The van der Waals surface area contributed by atoms with Crippen LogP contribution in [-0.4, -0.2) is 55.0 Å². The van der Waals surface area contributed by atoms with Crippen LogP contribution in [0.1, 0.15) is 27.2 Å². The maximum atomic E-state index is 12.2. The standard InChI is InChI=1S/C13H27N3O/c1-5-16(13(17)12(14)10(2)3)9-11-6-7-15(4)8-11/h10-12H,5-9,14H2,1-4H3/t11-,12-/m0/s1. The normalized spacial score (nSPS) is 23.1. The van der Waals surface area contributed by atoms with Gasteiger partial charge in [0.05, 0.1) is 6.04 Å². The van der Waals surface area contributed by atoms with Crippen LogP contribution in [0.5, 0.6) is 0 Å². The molecule has 0 aromatic carbocycles. The smallest absolute Gasteiger partial charge is 0.239 e. The summed E-state index contributed by atoms with van der Waals surface area (Å²) in [7, 11) is 2.14. The predicted molar refractivity (Wildman–Crippen MR) is 70.7 cm³/mol. The van der Waals surface area contributed by atoms with Crippen molar-refractivity contribution < 1.29 is 4.79 Å². The Morgan fingerprint density at radius 1 is 1.53 bits per heavy atom. The molecule has 0 radical (unpaired) electrons. The van der Waals surface area contributed by atoms with Crippen molar-refractivity contribution in [2.75, 3.05) is 33.2 Å². The van der Waals surface area contributed by atoms with Gasteiger partial charge < -0.3 is 15.5 Å². The third kappa shape index (κ3) is 3.96. The van der Waals surface area contributed by atoms with E-state index in [1.165, 1.54) is 6.42 Å². The second kappa shape index (κ2) is 6.36. The highest BCUT2D eigenvalue weighted by molar-refractivity contribution is 5.81. The summed E-state index contributed by atoms with van der Waals surface area (Å²) in [5.41, 5.74) is 5.94. The molecule has 0 bridgehead atoms. The van der Waals surface area contributed by atoms with E-state index in [1.54, 1.807) is 0 Å². The molecule has 4 nitrogen and oxygen atoms in total. The van der Waals surface area contributed by atoms with Gasteiger partial charge in [0.2, 0.25) is 5.91 Å². The number of carbonyl (C=O) groups excluding carboxylic acids is 1. The zero-order valence-corrected chi connectivity index (χ0v) is 11.6. The lowest BCUT2D eigenvalue weighted by Crippen LogP contribution is -2.48. The average Bonchev–Trinajstić information content (AvgIpc) is 2.69. The summed E-state index contributed by atoms with van der Waals surface area (Å²) in [5.74, 6) is 0.933. The number of nitrogens with zero attached hydrogens (tertiary/aromatic N) is 2. The Labute approximate surface area is 105 Å². The Hall–Kier alpha value is -0.610. The Morgan fingerprint density at radius 3 is 2.59 bits per heavy atom. The second-order valence-electron chi connectivity index (χ2n) is 5.56. The van der Waals surface area contributed by atoms with Gasteiger partial charge in [-0.15, -0.1) is 0 Å². The highest BCUT2D eigenvalue weighted by Crippen LogP contribution is 2.16. The van der Waals surface area contributed by atoms with Crippen LogP contribution in [0.4, 0.5) is 0 Å². The van der Waals surface area contributed by atoms with Gasteiger partial charge in [-0.05, 0) is 38.8 Å². The van der Waals surface area contributed by atoms with Crippen molar-refractivity contribution in [2.45, 2.75) is 33.2 Å². The molecule has 17 heavy (non-hydrogen) atoms. The van der Waals surface area contributed by atoms with E-state index >= 15 is 0 Å². The van der Waals surface area contributed by atoms with Gasteiger partial charge in [-0.1, -0.05) is 13.8 Å². The number of likely N-dealkylation sites (N-methyl/N-ethyl adjacent to an activating group) is 1. The fourth-order valence-corrected chi connectivity index (χ4v) is 2.36. The lowest BCUT2D eigenvalue weighted by molar-refractivity contribution is -0.134. The summed E-state index contributed by atoms with van der Waals surface area (Å²) < 4.78 is 0. The van der Waals surface area contributed by atoms with E-state index in [0.717, 1.165) is 26.2 Å². The first kappa shape index (κ1) is 14.5. The number of hydrogen-bond donors (Lipinski definition) is 1. The number of carbonyl (C=O) groups is 1. The average molecular weight is 241 g/mol. The molecule has 0 aromatic rings. The Morgan fingerprint density at radius 2 is 2.18 bits per heavy atom. The monoisotopic (exact) mass is 241 g/mol. The third-order valence-electron chi connectivity index (χ3n) is 3.66. The molecular formula is C13H27N3O. The SMILES string of the molecule is CCN(C[C@H]1CCN(C)C1)C(=O)[C@@H](N)C(C)C. The Balaban J connectivity index is 2.50. The summed E-state index contributed by atoms with van der Waals surface area (Å²) in [6.07, 6.45) is 1.19. The highest BCUT2D eigenvalue weighted by atomic mass is 16.2. The van der Waals surface area contributed by atoms with E-state index in [2.05, 4.69) is 11.9 Å². The van der Waals surface area contributed by atoms with Crippen LogP contribution in [0.25, 0.3) is 0 Å². The third-order valence-corrected chi connectivity index (χ3v) is 3.66. The minimum absolute atomic E-state index is 0.108. The Bertz CT molecular complexity index is 255. The van der Waals surface area contributed by atoms with Crippen molar-refractivity contribution in [3.05, 3.63) is 0 Å². The molecule has 1 aliphatic heterocycles. The quantitative estimate of drug-likeness (QED) is 0.773. The maximum Gasteiger partial charge on any atom is 0.239 e. The molecule has 1 heterocycles. The second-order valence-corrected chi connectivity index (χ2v) is 5.56. The van der Waals surface area contributed by atoms with Gasteiger partial charge in [-0.2, -0.15) is 0 Å². The molecule has 1 aliphatic rings. The molecule has 1 amide bonds. The molecule has 0 saturated carbocycles. The van der Waals surface area contributed by atoms with Crippen molar-refractivity contribution in [2.24, 2.45) is 17.6 Å². The number of rotatable bonds is 5. The first-order valence-electron chi connectivity index (χ1n) is 6.68. The summed E-state index contributed by atoms with van der Waals surface area (Å²) in [6.45, 7) is 9.90. The number of amides is 1. The van der Waals surface area contributed by atoms with Crippen LogP contribution in [0.3, 0.4) is 0 Å². The summed E-state index contributed by atoms with van der Waals surface area (Å²) in [5, 5.41) is 0. The van der Waals surface area contributed by atoms with Gasteiger partial charge in [0.15, 0.2) is 0 Å². The molecule has 0 spiro atoms. The van der Waals surface area contributed by atoms with Crippen LogP contribution in [0.2, 0.25) is 0 Å². The van der Waals surface area contributed by atoms with Crippen LogP contribution in [0.15, 0.2) is 0 Å². The zero-order valence-electron chi connectivity index (χ0n) is 11.6. The molecule has 2 atom stereocenters. The van der Waals surface area contributed by atoms with Crippen molar-refractivity contribution in [1.29, 1.82) is 0 Å². The fourth-order valence-electron chi connectivity index (χ4n) is 2.36. The maximum absolute atomic E-state index is 12.2. The Kier molecular flexibility index (Phi) is 5.40. The lowest BCUT2D eigenvalue weighted by atomic mass is 10.0. The highest BCUT2D eigenvalue weighted by Gasteiger charge is 2.27. The molecule has 1 fully saturated rings. The molecule has 1 rings (SSSR count). The number of hydrogen-bond acceptors (Lipinski definition) is 3. The summed E-state index contributed by atoms with van der Waals surface area (Å²) in [6, 6.07) is -0.353. The molecule has 100 valence electrons. The molecule has 2 N–H and O–H groups in total. The van der Waals surface area contributed by atoms with Crippen LogP contribution in [-0.2, 0) is 4.79 Å². The van der Waals surface area contributed by atoms with Crippen LogP contribution < -0.4 is 5.73 Å². The van der Waals surface area contributed by atoms with Crippen molar-refractivity contribution >= 4 is 5.91 Å². The van der Waals surface area contributed by atoms with Gasteiger partial charge in [0.1, 0.15) is 0 Å². The van der Waals surface area contributed by atoms with E-state index < -0.39 is 0 Å². The zero-order chi connectivity index (χ0) is 13.0. The lowest BCUT2D eigenvalue weighted by Gasteiger charge is -2.28. The molecular weight excluding hydrogens is 214 g/mol. The predicted octanol–water partition coefficient (Wildman–Crippen LogP) is 0.770. The van der Waals surface area contributed by atoms with E-state index in [1.807, 2.05) is 25.7 Å². The molecule has 1 saturated heterocycles. The summed E-state index contributed by atoms with van der Waals surface area (Å²) in [4.78, 5) is 16.4. The van der Waals surface area contributed by atoms with Crippen molar-refractivity contribution in [3.63, 3.8) is 0 Å². The van der Waals surface area contributed by atoms with Crippen molar-refractivity contribution in [3.8, 4) is 0 Å². The van der Waals surface area contributed by atoms with Gasteiger partial charge >= 0.3 is 0 Å². The minimum atomic E-state index is -0.353. The van der Waals surface area contributed by atoms with Gasteiger partial charge in [0.25, 0.3) is 0 Å². The summed E-state index contributed by atoms with van der Waals surface area (Å²) >= 11 is 0. The van der Waals surface area contributed by atoms with E-state index in [0.29, 0.717) is 5.92 Å². The van der Waals surface area contributed by atoms with Gasteiger partial charge in [0, 0.05) is 19.6 Å². The van der Waals surface area contributed by atoms with E-state index in [-0.39, 0.29) is 17.9 Å². The van der Waals surface area contributed by atoms with Gasteiger partial charge in [-0.25, -0.2) is 0 Å². The topological polar surface area (TPSA) is 49.6 Å². The van der Waals surface area contributed by atoms with Gasteiger partial charge in [-0.3, -0.25) is 4.79 Å². The van der Waals surface area contributed by atoms with E-state index in [4.69, 9.17) is 5.73 Å².